The number of hydrogen-bond donors (Lipinski definition) is 1. The summed E-state index contributed by atoms with van der Waals surface area (Å²) >= 11 is 0. The van der Waals surface area contributed by atoms with E-state index in [1.54, 1.807) is 19.1 Å². The van der Waals surface area contributed by atoms with Gasteiger partial charge in [-0.25, -0.2) is 4.98 Å². The van der Waals surface area contributed by atoms with Crippen molar-refractivity contribution in [3.05, 3.63) is 52.1 Å². The lowest BCUT2D eigenvalue weighted by molar-refractivity contribution is -0.385. The first-order chi connectivity index (χ1) is 14.4. The van der Waals surface area contributed by atoms with Crippen molar-refractivity contribution in [1.29, 1.82) is 0 Å². The smallest absolute Gasteiger partial charge is 0.274 e. The van der Waals surface area contributed by atoms with Gasteiger partial charge in [-0.15, -0.1) is 0 Å². The van der Waals surface area contributed by atoms with Gasteiger partial charge in [0.05, 0.1) is 28.8 Å². The highest BCUT2D eigenvalue weighted by atomic mass is 16.6. The Morgan fingerprint density at radius 3 is 2.83 bits per heavy atom. The molecule has 1 aromatic heterocycles. The first-order valence-electron chi connectivity index (χ1n) is 10.4. The van der Waals surface area contributed by atoms with Gasteiger partial charge < -0.3 is 9.88 Å². The fourth-order valence-corrected chi connectivity index (χ4v) is 3.88. The van der Waals surface area contributed by atoms with Crippen LogP contribution in [-0.4, -0.2) is 62.4 Å². The lowest BCUT2D eigenvalue weighted by atomic mass is 10.1. The van der Waals surface area contributed by atoms with E-state index in [4.69, 9.17) is 0 Å². The molecule has 0 aliphatic carbocycles. The maximum atomic E-state index is 12.8. The van der Waals surface area contributed by atoms with Crippen LogP contribution in [0, 0.1) is 17.0 Å². The number of carbonyl (C=O) groups is 1. The number of hydrogen-bond acceptors (Lipinski definition) is 6. The molecule has 9 nitrogen and oxygen atoms in total. The topological polar surface area (TPSA) is 96.5 Å². The summed E-state index contributed by atoms with van der Waals surface area (Å²) in [6, 6.07) is 4.42. The zero-order valence-electron chi connectivity index (χ0n) is 17.9. The molecule has 1 aliphatic heterocycles. The standard InChI is InChI=1S/C21H30N6O3/c1-4-25-12-9-22-20(25)15-24-10-6-11-26(14-13-24)17(3)21(28)23-18-7-5-8-19(16(18)2)27(29)30/h5,7-9,12,17H,4,6,10-11,13-15H2,1-3H3,(H,23,28). The van der Waals surface area contributed by atoms with Crippen molar-refractivity contribution in [3.8, 4) is 0 Å². The number of nitro groups is 1. The average molecular weight is 415 g/mol. The number of aromatic nitrogens is 2. The van der Waals surface area contributed by atoms with Gasteiger partial charge in [-0.3, -0.25) is 24.7 Å². The Kier molecular flexibility index (Phi) is 7.17. The molecule has 9 heteroatoms. The number of benzene rings is 1. The quantitative estimate of drug-likeness (QED) is 0.553. The minimum absolute atomic E-state index is 0.0105. The van der Waals surface area contributed by atoms with Crippen LogP contribution >= 0.6 is 0 Å². The van der Waals surface area contributed by atoms with Crippen LogP contribution in [0.15, 0.2) is 30.6 Å². The van der Waals surface area contributed by atoms with Crippen molar-refractivity contribution >= 4 is 17.3 Å². The van der Waals surface area contributed by atoms with E-state index in [9.17, 15) is 14.9 Å². The third-order valence-electron chi connectivity index (χ3n) is 5.82. The number of anilines is 1. The molecule has 0 saturated carbocycles. The molecule has 1 aliphatic rings. The second-order valence-corrected chi connectivity index (χ2v) is 7.67. The summed E-state index contributed by atoms with van der Waals surface area (Å²) < 4.78 is 2.15. The van der Waals surface area contributed by atoms with Crippen molar-refractivity contribution in [2.45, 2.75) is 46.3 Å². The molecule has 2 heterocycles. The summed E-state index contributed by atoms with van der Waals surface area (Å²) in [6.07, 6.45) is 4.81. The first-order valence-corrected chi connectivity index (χ1v) is 10.4. The van der Waals surface area contributed by atoms with Crippen molar-refractivity contribution in [1.82, 2.24) is 19.4 Å². The summed E-state index contributed by atoms with van der Waals surface area (Å²) in [5, 5.41) is 14.0. The predicted molar refractivity (Wildman–Crippen MR) is 115 cm³/mol. The maximum Gasteiger partial charge on any atom is 0.274 e. The molecule has 1 N–H and O–H groups in total. The molecule has 3 rings (SSSR count). The van der Waals surface area contributed by atoms with Gasteiger partial charge >= 0.3 is 0 Å². The van der Waals surface area contributed by atoms with E-state index in [0.29, 0.717) is 11.3 Å². The number of nitrogens with one attached hydrogen (secondary N) is 1. The van der Waals surface area contributed by atoms with Crippen LogP contribution in [0.3, 0.4) is 0 Å². The lowest BCUT2D eigenvalue weighted by Gasteiger charge is -2.27. The second-order valence-electron chi connectivity index (χ2n) is 7.67. The van der Waals surface area contributed by atoms with Crippen LogP contribution in [0.2, 0.25) is 0 Å². The summed E-state index contributed by atoms with van der Waals surface area (Å²) in [7, 11) is 0. The van der Waals surface area contributed by atoms with Crippen LogP contribution in [-0.2, 0) is 17.9 Å². The molecule has 1 fully saturated rings. The molecule has 2 aromatic rings. The van der Waals surface area contributed by atoms with Crippen LogP contribution in [0.1, 0.15) is 31.7 Å². The zero-order chi connectivity index (χ0) is 21.7. The van der Waals surface area contributed by atoms with E-state index in [2.05, 4.69) is 31.6 Å². The SMILES string of the molecule is CCn1ccnc1CN1CCCN(C(C)C(=O)Nc2cccc([N+](=O)[O-])c2C)CC1. The minimum atomic E-state index is -0.429. The van der Waals surface area contributed by atoms with Gasteiger partial charge in [0, 0.05) is 44.6 Å². The molecule has 1 saturated heterocycles. The maximum absolute atomic E-state index is 12.8. The number of aryl methyl sites for hydroxylation is 1. The van der Waals surface area contributed by atoms with Gasteiger partial charge in [0.25, 0.3) is 5.69 Å². The Hall–Kier alpha value is -2.78. The Labute approximate surface area is 176 Å². The van der Waals surface area contributed by atoms with Gasteiger partial charge in [-0.05, 0) is 39.8 Å². The van der Waals surface area contributed by atoms with Crippen LogP contribution in [0.25, 0.3) is 0 Å². The van der Waals surface area contributed by atoms with Gasteiger partial charge in [0.15, 0.2) is 0 Å². The highest BCUT2D eigenvalue weighted by Crippen LogP contribution is 2.25. The van der Waals surface area contributed by atoms with E-state index >= 15 is 0 Å². The molecular weight excluding hydrogens is 384 g/mol. The summed E-state index contributed by atoms with van der Waals surface area (Å²) in [5.41, 5.74) is 0.969. The molecule has 1 aromatic carbocycles. The third kappa shape index (κ3) is 5.03. The fraction of sp³-hybridized carbons (Fsp3) is 0.524. The Morgan fingerprint density at radius 2 is 2.10 bits per heavy atom. The highest BCUT2D eigenvalue weighted by Gasteiger charge is 2.25. The van der Waals surface area contributed by atoms with E-state index in [1.807, 2.05) is 19.3 Å². The summed E-state index contributed by atoms with van der Waals surface area (Å²) in [4.78, 5) is 32.6. The van der Waals surface area contributed by atoms with E-state index in [1.165, 1.54) is 6.07 Å². The zero-order valence-corrected chi connectivity index (χ0v) is 17.9. The summed E-state index contributed by atoms with van der Waals surface area (Å²) in [5.74, 6) is 0.923. The molecule has 1 unspecified atom stereocenters. The predicted octanol–water partition coefficient (Wildman–Crippen LogP) is 2.65. The molecule has 0 radical (unpaired) electrons. The monoisotopic (exact) mass is 414 g/mol. The van der Waals surface area contributed by atoms with Gasteiger partial charge in [0.2, 0.25) is 5.91 Å². The van der Waals surface area contributed by atoms with Gasteiger partial charge in [-0.2, -0.15) is 0 Å². The summed E-state index contributed by atoms with van der Waals surface area (Å²) in [6.45, 7) is 10.8. The van der Waals surface area contributed by atoms with E-state index in [0.717, 1.165) is 51.5 Å². The molecule has 162 valence electrons. The first kappa shape index (κ1) is 21.9. The molecule has 30 heavy (non-hydrogen) atoms. The molecular formula is C21H30N6O3. The second kappa shape index (κ2) is 9.82. The highest BCUT2D eigenvalue weighted by molar-refractivity contribution is 5.95. The van der Waals surface area contributed by atoms with Crippen molar-refractivity contribution in [2.75, 3.05) is 31.5 Å². The van der Waals surface area contributed by atoms with E-state index < -0.39 is 4.92 Å². The lowest BCUT2D eigenvalue weighted by Crippen LogP contribution is -2.44. The molecule has 1 amide bonds. The third-order valence-corrected chi connectivity index (χ3v) is 5.82. The molecule has 0 spiro atoms. The number of amides is 1. The van der Waals surface area contributed by atoms with Crippen molar-refractivity contribution in [3.63, 3.8) is 0 Å². The number of nitrogens with zero attached hydrogens (tertiary/aromatic N) is 5. The largest absolute Gasteiger partial charge is 0.334 e. The van der Waals surface area contributed by atoms with Gasteiger partial charge in [0.1, 0.15) is 5.82 Å². The molecule has 1 atom stereocenters. The number of carbonyl (C=O) groups excluding carboxylic acids is 1. The minimum Gasteiger partial charge on any atom is -0.334 e. The number of nitro benzene ring substituents is 1. The van der Waals surface area contributed by atoms with Crippen LogP contribution in [0.4, 0.5) is 11.4 Å². The van der Waals surface area contributed by atoms with E-state index in [-0.39, 0.29) is 17.6 Å². The average Bonchev–Trinajstić information content (AvgIpc) is 3.04. The number of rotatable bonds is 7. The van der Waals surface area contributed by atoms with Crippen molar-refractivity contribution in [2.24, 2.45) is 0 Å². The Bertz CT molecular complexity index is 897. The number of imidazole rings is 1. The Balaban J connectivity index is 1.59. The fourth-order valence-electron chi connectivity index (χ4n) is 3.88. The van der Waals surface area contributed by atoms with Gasteiger partial charge in [-0.1, -0.05) is 6.07 Å². The van der Waals surface area contributed by atoms with Crippen LogP contribution in [0.5, 0.6) is 0 Å². The van der Waals surface area contributed by atoms with Crippen molar-refractivity contribution < 1.29 is 9.72 Å². The van der Waals surface area contributed by atoms with Crippen LogP contribution < -0.4 is 5.32 Å². The Morgan fingerprint density at radius 1 is 1.30 bits per heavy atom. The normalized spacial score (nSPS) is 16.8. The molecule has 0 bridgehead atoms.